The fourth-order valence-corrected chi connectivity index (χ4v) is 1.06. The minimum atomic E-state index is -1.01. The van der Waals surface area contributed by atoms with E-state index in [1.165, 1.54) is 18.2 Å². The Morgan fingerprint density at radius 3 is 2.93 bits per heavy atom. The maximum absolute atomic E-state index is 12.7. The molecule has 1 atom stereocenters. The van der Waals surface area contributed by atoms with Crippen molar-refractivity contribution in [2.45, 2.75) is 13.2 Å². The van der Waals surface area contributed by atoms with E-state index in [0.29, 0.717) is 6.61 Å². The third kappa shape index (κ3) is 2.61. The highest BCUT2D eigenvalue weighted by molar-refractivity contribution is 5.99. The van der Waals surface area contributed by atoms with E-state index in [0.717, 1.165) is 6.07 Å². The molecule has 0 aliphatic heterocycles. The van der Waals surface area contributed by atoms with Crippen LogP contribution in [0.5, 0.6) is 0 Å². The molecule has 4 heteroatoms. The first kappa shape index (κ1) is 10.8. The predicted molar refractivity (Wildman–Crippen MR) is 50.3 cm³/mol. The number of rotatable bonds is 4. The van der Waals surface area contributed by atoms with Gasteiger partial charge in [0.05, 0.1) is 0 Å². The lowest BCUT2D eigenvalue weighted by Gasteiger charge is -2.09. The SMILES string of the molecule is CCOC(N)C(=O)c1cccc(F)c1. The van der Waals surface area contributed by atoms with Crippen LogP contribution in [-0.4, -0.2) is 18.6 Å². The van der Waals surface area contributed by atoms with Crippen molar-refractivity contribution in [2.24, 2.45) is 5.73 Å². The molecular weight excluding hydrogens is 185 g/mol. The highest BCUT2D eigenvalue weighted by Gasteiger charge is 2.15. The van der Waals surface area contributed by atoms with Crippen molar-refractivity contribution in [3.8, 4) is 0 Å². The molecule has 1 rings (SSSR count). The number of benzene rings is 1. The first-order valence-corrected chi connectivity index (χ1v) is 4.32. The van der Waals surface area contributed by atoms with Crippen molar-refractivity contribution in [1.29, 1.82) is 0 Å². The molecule has 0 heterocycles. The third-order valence-electron chi connectivity index (χ3n) is 1.71. The van der Waals surface area contributed by atoms with Crippen LogP contribution in [0, 0.1) is 5.82 Å². The zero-order valence-corrected chi connectivity index (χ0v) is 7.87. The van der Waals surface area contributed by atoms with Gasteiger partial charge in [-0.15, -0.1) is 0 Å². The van der Waals surface area contributed by atoms with Crippen LogP contribution in [0.4, 0.5) is 4.39 Å². The summed E-state index contributed by atoms with van der Waals surface area (Å²) < 4.78 is 17.6. The normalized spacial score (nSPS) is 12.5. The number of hydrogen-bond acceptors (Lipinski definition) is 3. The van der Waals surface area contributed by atoms with E-state index in [1.54, 1.807) is 6.92 Å². The average Bonchev–Trinajstić information content (AvgIpc) is 2.17. The summed E-state index contributed by atoms with van der Waals surface area (Å²) >= 11 is 0. The molecule has 0 aliphatic carbocycles. The van der Waals surface area contributed by atoms with E-state index in [9.17, 15) is 9.18 Å². The predicted octanol–water partition coefficient (Wildman–Crippen LogP) is 1.33. The molecule has 0 fully saturated rings. The molecule has 0 amide bonds. The molecule has 0 bridgehead atoms. The maximum atomic E-state index is 12.7. The molecule has 1 unspecified atom stereocenters. The number of Topliss-reactive ketones (excluding diaryl/α,β-unsaturated/α-hetero) is 1. The summed E-state index contributed by atoms with van der Waals surface area (Å²) in [5.41, 5.74) is 5.64. The second kappa shape index (κ2) is 4.83. The summed E-state index contributed by atoms with van der Waals surface area (Å²) in [5, 5.41) is 0. The molecule has 0 aromatic heterocycles. The molecule has 0 saturated heterocycles. The van der Waals surface area contributed by atoms with Crippen molar-refractivity contribution in [3.63, 3.8) is 0 Å². The number of ketones is 1. The lowest BCUT2D eigenvalue weighted by molar-refractivity contribution is 0.0479. The van der Waals surface area contributed by atoms with Gasteiger partial charge in [-0.2, -0.15) is 0 Å². The first-order chi connectivity index (χ1) is 6.65. The van der Waals surface area contributed by atoms with Crippen LogP contribution >= 0.6 is 0 Å². The van der Waals surface area contributed by atoms with Gasteiger partial charge in [-0.1, -0.05) is 12.1 Å². The van der Waals surface area contributed by atoms with Crippen LogP contribution in [0.2, 0.25) is 0 Å². The molecule has 0 saturated carbocycles. The Balaban J connectivity index is 2.78. The van der Waals surface area contributed by atoms with Crippen LogP contribution < -0.4 is 5.73 Å². The van der Waals surface area contributed by atoms with Gasteiger partial charge in [-0.25, -0.2) is 4.39 Å². The van der Waals surface area contributed by atoms with E-state index in [2.05, 4.69) is 0 Å². The standard InChI is InChI=1S/C10H12FNO2/c1-2-14-10(12)9(13)7-4-3-5-8(11)6-7/h3-6,10H,2,12H2,1H3. The van der Waals surface area contributed by atoms with Gasteiger partial charge in [-0.05, 0) is 19.1 Å². The Morgan fingerprint density at radius 1 is 1.64 bits per heavy atom. The number of hydrogen-bond donors (Lipinski definition) is 1. The smallest absolute Gasteiger partial charge is 0.206 e. The van der Waals surface area contributed by atoms with E-state index in [4.69, 9.17) is 10.5 Å². The number of carbonyl (C=O) groups is 1. The van der Waals surface area contributed by atoms with Gasteiger partial charge in [0, 0.05) is 12.2 Å². The summed E-state index contributed by atoms with van der Waals surface area (Å²) in [6.07, 6.45) is -1.01. The molecule has 76 valence electrons. The van der Waals surface area contributed by atoms with E-state index in [-0.39, 0.29) is 5.56 Å². The Labute approximate surface area is 81.7 Å². The molecular formula is C10H12FNO2. The van der Waals surface area contributed by atoms with Crippen molar-refractivity contribution in [1.82, 2.24) is 0 Å². The summed E-state index contributed by atoms with van der Waals surface area (Å²) in [6, 6.07) is 5.37. The highest BCUT2D eigenvalue weighted by Crippen LogP contribution is 2.06. The molecule has 14 heavy (non-hydrogen) atoms. The van der Waals surface area contributed by atoms with E-state index in [1.807, 2.05) is 0 Å². The monoisotopic (exact) mass is 197 g/mol. The van der Waals surface area contributed by atoms with Crippen LogP contribution in [0.1, 0.15) is 17.3 Å². The highest BCUT2D eigenvalue weighted by atomic mass is 19.1. The third-order valence-corrected chi connectivity index (χ3v) is 1.71. The number of carbonyl (C=O) groups excluding carboxylic acids is 1. The van der Waals surface area contributed by atoms with Gasteiger partial charge in [0.15, 0.2) is 6.23 Å². The Bertz CT molecular complexity index is 328. The molecule has 2 N–H and O–H groups in total. The summed E-state index contributed by atoms with van der Waals surface area (Å²) in [6.45, 7) is 2.08. The van der Waals surface area contributed by atoms with Crippen molar-refractivity contribution in [2.75, 3.05) is 6.61 Å². The molecule has 0 radical (unpaired) electrons. The van der Waals surface area contributed by atoms with Gasteiger partial charge < -0.3 is 4.74 Å². The Kier molecular flexibility index (Phi) is 3.73. The van der Waals surface area contributed by atoms with Crippen LogP contribution in [-0.2, 0) is 4.74 Å². The summed E-state index contributed by atoms with van der Waals surface area (Å²) in [4.78, 5) is 11.5. The van der Waals surface area contributed by atoms with Gasteiger partial charge in [0.2, 0.25) is 5.78 Å². The average molecular weight is 197 g/mol. The van der Waals surface area contributed by atoms with E-state index >= 15 is 0 Å². The topological polar surface area (TPSA) is 52.3 Å². The summed E-state index contributed by atoms with van der Waals surface area (Å²) in [5.74, 6) is -0.870. The second-order valence-electron chi connectivity index (χ2n) is 2.75. The fourth-order valence-electron chi connectivity index (χ4n) is 1.06. The molecule has 0 spiro atoms. The van der Waals surface area contributed by atoms with E-state index < -0.39 is 17.8 Å². The Hall–Kier alpha value is -1.26. The zero-order valence-electron chi connectivity index (χ0n) is 7.87. The zero-order chi connectivity index (χ0) is 10.6. The Morgan fingerprint density at radius 2 is 2.36 bits per heavy atom. The van der Waals surface area contributed by atoms with Crippen molar-refractivity contribution < 1.29 is 13.9 Å². The van der Waals surface area contributed by atoms with Gasteiger partial charge in [0.1, 0.15) is 5.82 Å². The number of nitrogens with two attached hydrogens (primary N) is 1. The molecule has 0 aliphatic rings. The minimum absolute atomic E-state index is 0.228. The molecule has 3 nitrogen and oxygen atoms in total. The van der Waals surface area contributed by atoms with Gasteiger partial charge in [-0.3, -0.25) is 10.5 Å². The first-order valence-electron chi connectivity index (χ1n) is 4.32. The fraction of sp³-hybridized carbons (Fsp3) is 0.300. The van der Waals surface area contributed by atoms with Crippen LogP contribution in [0.15, 0.2) is 24.3 Å². The van der Waals surface area contributed by atoms with Crippen molar-refractivity contribution in [3.05, 3.63) is 35.6 Å². The number of halogens is 1. The largest absolute Gasteiger partial charge is 0.356 e. The van der Waals surface area contributed by atoms with Gasteiger partial charge in [0.25, 0.3) is 0 Å². The van der Waals surface area contributed by atoms with Crippen LogP contribution in [0.3, 0.4) is 0 Å². The number of ether oxygens (including phenoxy) is 1. The van der Waals surface area contributed by atoms with Crippen LogP contribution in [0.25, 0.3) is 0 Å². The van der Waals surface area contributed by atoms with Gasteiger partial charge >= 0.3 is 0 Å². The minimum Gasteiger partial charge on any atom is -0.356 e. The summed E-state index contributed by atoms with van der Waals surface area (Å²) in [7, 11) is 0. The molecule has 1 aromatic rings. The second-order valence-corrected chi connectivity index (χ2v) is 2.75. The quantitative estimate of drug-likeness (QED) is 0.585. The molecule has 1 aromatic carbocycles. The maximum Gasteiger partial charge on any atom is 0.206 e. The lowest BCUT2D eigenvalue weighted by Crippen LogP contribution is -2.33. The van der Waals surface area contributed by atoms with Crippen molar-refractivity contribution >= 4 is 5.78 Å². The lowest BCUT2D eigenvalue weighted by atomic mass is 10.1.